The largest absolute Gasteiger partial charge is 0.476 e. The molecule has 5 nitrogen and oxygen atoms in total. The van der Waals surface area contributed by atoms with Gasteiger partial charge >= 0.3 is 5.97 Å². The summed E-state index contributed by atoms with van der Waals surface area (Å²) in [7, 11) is 0. The molecule has 94 valence electrons. The van der Waals surface area contributed by atoms with Crippen LogP contribution in [0.1, 0.15) is 16.2 Å². The average molecular weight is 307 g/mol. The number of para-hydroxylation sites is 1. The van der Waals surface area contributed by atoms with Gasteiger partial charge in [0.25, 0.3) is 0 Å². The van der Waals surface area contributed by atoms with E-state index in [1.807, 2.05) is 0 Å². The fourth-order valence-electron chi connectivity index (χ4n) is 1.43. The summed E-state index contributed by atoms with van der Waals surface area (Å²) in [4.78, 5) is 11.0. The molecule has 2 rings (SSSR count). The third kappa shape index (κ3) is 2.43. The van der Waals surface area contributed by atoms with Crippen LogP contribution in [0.4, 0.5) is 0 Å². The molecule has 0 bridgehead atoms. The molecular weight excluding hydrogens is 300 g/mol. The molecule has 0 saturated heterocycles. The van der Waals surface area contributed by atoms with Gasteiger partial charge in [0.15, 0.2) is 5.69 Å². The van der Waals surface area contributed by atoms with E-state index in [1.165, 1.54) is 4.68 Å². The minimum atomic E-state index is -1.94. The zero-order valence-electron chi connectivity index (χ0n) is 8.72. The summed E-state index contributed by atoms with van der Waals surface area (Å²) in [5.41, 5.74) is 0.0591. The topological polar surface area (TPSA) is 68.0 Å². The van der Waals surface area contributed by atoms with E-state index in [0.717, 1.165) is 0 Å². The highest BCUT2D eigenvalue weighted by Gasteiger charge is 2.35. The van der Waals surface area contributed by atoms with Crippen LogP contribution in [0.2, 0.25) is 0 Å². The Bertz CT molecular complexity index is 578. The fraction of sp³-hybridized carbons (Fsp3) is 0.100. The van der Waals surface area contributed by atoms with Crippen molar-refractivity contribution in [2.24, 2.45) is 0 Å². The molecule has 0 unspecified atom stereocenters. The van der Waals surface area contributed by atoms with Crippen molar-refractivity contribution in [3.8, 4) is 5.69 Å². The van der Waals surface area contributed by atoms with Crippen molar-refractivity contribution in [1.82, 2.24) is 15.0 Å². The van der Waals surface area contributed by atoms with Crippen molar-refractivity contribution < 1.29 is 9.90 Å². The molecule has 1 heterocycles. The second-order valence-electron chi connectivity index (χ2n) is 3.34. The van der Waals surface area contributed by atoms with Crippen molar-refractivity contribution in [1.29, 1.82) is 0 Å². The molecule has 0 aliphatic rings. The Kier molecular flexibility index (Phi) is 3.47. The van der Waals surface area contributed by atoms with Crippen molar-refractivity contribution in [2.75, 3.05) is 0 Å². The smallest absolute Gasteiger partial charge is 0.358 e. The van der Waals surface area contributed by atoms with Gasteiger partial charge in [0.1, 0.15) is 5.69 Å². The molecule has 2 aromatic rings. The van der Waals surface area contributed by atoms with Gasteiger partial charge in [-0.2, -0.15) is 0 Å². The molecule has 18 heavy (non-hydrogen) atoms. The molecule has 0 fully saturated rings. The Morgan fingerprint density at radius 1 is 1.22 bits per heavy atom. The van der Waals surface area contributed by atoms with Crippen LogP contribution in [0.5, 0.6) is 0 Å². The second-order valence-corrected chi connectivity index (χ2v) is 5.62. The molecule has 1 aromatic carbocycles. The summed E-state index contributed by atoms with van der Waals surface area (Å²) in [6.45, 7) is 0. The Hall–Kier alpha value is -1.30. The van der Waals surface area contributed by atoms with Crippen LogP contribution in [0.25, 0.3) is 5.69 Å². The van der Waals surface area contributed by atoms with Crippen LogP contribution in [-0.2, 0) is 3.79 Å². The number of carboxylic acids is 1. The van der Waals surface area contributed by atoms with Gasteiger partial charge < -0.3 is 5.11 Å². The van der Waals surface area contributed by atoms with Gasteiger partial charge in [-0.1, -0.05) is 58.2 Å². The molecular formula is C10H6Cl3N3O2. The highest BCUT2D eigenvalue weighted by Crippen LogP contribution is 2.40. The van der Waals surface area contributed by atoms with E-state index in [1.54, 1.807) is 30.3 Å². The maximum atomic E-state index is 11.0. The molecule has 0 radical (unpaired) electrons. The normalized spacial score (nSPS) is 11.5. The van der Waals surface area contributed by atoms with Crippen molar-refractivity contribution in [2.45, 2.75) is 3.79 Å². The quantitative estimate of drug-likeness (QED) is 0.866. The van der Waals surface area contributed by atoms with Crippen molar-refractivity contribution in [3.63, 3.8) is 0 Å². The summed E-state index contributed by atoms with van der Waals surface area (Å²) >= 11 is 17.3. The minimum absolute atomic E-state index is 0.105. The molecule has 1 N–H and O–H groups in total. The van der Waals surface area contributed by atoms with Crippen LogP contribution in [0, 0.1) is 0 Å². The number of aromatic carboxylic acids is 1. The fourth-order valence-corrected chi connectivity index (χ4v) is 1.94. The van der Waals surface area contributed by atoms with Crippen molar-refractivity contribution in [3.05, 3.63) is 41.7 Å². The van der Waals surface area contributed by atoms with E-state index in [-0.39, 0.29) is 11.4 Å². The van der Waals surface area contributed by atoms with Crippen LogP contribution in [0.15, 0.2) is 30.3 Å². The second kappa shape index (κ2) is 4.76. The predicted octanol–water partition coefficient (Wildman–Crippen LogP) is 2.79. The maximum Gasteiger partial charge on any atom is 0.358 e. The lowest BCUT2D eigenvalue weighted by Gasteiger charge is -2.13. The molecule has 1 aromatic heterocycles. The first-order valence-corrected chi connectivity index (χ1v) is 5.86. The number of hydrogen-bond donors (Lipinski definition) is 1. The van der Waals surface area contributed by atoms with Gasteiger partial charge in [0.05, 0.1) is 5.69 Å². The van der Waals surface area contributed by atoms with Gasteiger partial charge in [-0.25, -0.2) is 9.48 Å². The first-order valence-electron chi connectivity index (χ1n) is 4.73. The number of nitrogens with zero attached hydrogens (tertiary/aromatic N) is 3. The van der Waals surface area contributed by atoms with Crippen LogP contribution in [-0.4, -0.2) is 26.1 Å². The Morgan fingerprint density at radius 2 is 1.83 bits per heavy atom. The Balaban J connectivity index is 2.67. The third-order valence-corrected chi connectivity index (χ3v) is 2.68. The number of hydrogen-bond acceptors (Lipinski definition) is 3. The summed E-state index contributed by atoms with van der Waals surface area (Å²) in [6, 6.07) is 8.69. The molecule has 0 saturated carbocycles. The number of carbonyl (C=O) groups is 1. The summed E-state index contributed by atoms with van der Waals surface area (Å²) in [6.07, 6.45) is 0. The predicted molar refractivity (Wildman–Crippen MR) is 67.6 cm³/mol. The standard InChI is InChI=1S/C10H6Cl3N3O2/c11-10(12,13)8-7(9(17)18)14-15-16(8)6-4-2-1-3-5-6/h1-5H,(H,17,18). The Morgan fingerprint density at radius 3 is 2.33 bits per heavy atom. The zero-order chi connectivity index (χ0) is 13.3. The SMILES string of the molecule is O=C(O)c1nnn(-c2ccccc2)c1C(Cl)(Cl)Cl. The van der Waals surface area contributed by atoms with Gasteiger partial charge in [-0.3, -0.25) is 0 Å². The van der Waals surface area contributed by atoms with Gasteiger partial charge in [0, 0.05) is 0 Å². The summed E-state index contributed by atoms with van der Waals surface area (Å²) in [5, 5.41) is 16.2. The number of benzene rings is 1. The van der Waals surface area contributed by atoms with Crippen LogP contribution >= 0.6 is 34.8 Å². The first-order chi connectivity index (χ1) is 8.41. The number of alkyl halides is 3. The number of halogens is 3. The van der Waals surface area contributed by atoms with Crippen molar-refractivity contribution >= 4 is 40.8 Å². The van der Waals surface area contributed by atoms with Crippen LogP contribution in [0.3, 0.4) is 0 Å². The highest BCUT2D eigenvalue weighted by molar-refractivity contribution is 6.66. The van der Waals surface area contributed by atoms with Crippen LogP contribution < -0.4 is 0 Å². The lowest BCUT2D eigenvalue weighted by Crippen LogP contribution is -2.14. The zero-order valence-corrected chi connectivity index (χ0v) is 11.0. The monoisotopic (exact) mass is 305 g/mol. The van der Waals surface area contributed by atoms with Gasteiger partial charge in [-0.05, 0) is 12.1 Å². The van der Waals surface area contributed by atoms with E-state index in [2.05, 4.69) is 10.3 Å². The van der Waals surface area contributed by atoms with E-state index in [9.17, 15) is 4.79 Å². The van der Waals surface area contributed by atoms with E-state index in [0.29, 0.717) is 5.69 Å². The minimum Gasteiger partial charge on any atom is -0.476 e. The number of rotatable bonds is 2. The average Bonchev–Trinajstić information content (AvgIpc) is 2.74. The molecule has 0 aliphatic carbocycles. The molecule has 0 atom stereocenters. The lowest BCUT2D eigenvalue weighted by molar-refractivity contribution is 0.0689. The summed E-state index contributed by atoms with van der Waals surface area (Å²) < 4.78 is -0.747. The third-order valence-electron chi connectivity index (χ3n) is 2.14. The molecule has 8 heteroatoms. The van der Waals surface area contributed by atoms with E-state index < -0.39 is 9.76 Å². The number of aromatic nitrogens is 3. The molecule has 0 amide bonds. The number of carboxylic acid groups (broad SMARTS) is 1. The Labute approximate surface area is 117 Å². The lowest BCUT2D eigenvalue weighted by atomic mass is 10.3. The van der Waals surface area contributed by atoms with Gasteiger partial charge in [-0.15, -0.1) is 5.10 Å². The van der Waals surface area contributed by atoms with E-state index >= 15 is 0 Å². The van der Waals surface area contributed by atoms with Gasteiger partial charge in [0.2, 0.25) is 3.79 Å². The highest BCUT2D eigenvalue weighted by atomic mass is 35.6. The summed E-state index contributed by atoms with van der Waals surface area (Å²) in [5.74, 6) is -1.31. The first kappa shape index (κ1) is 13.1. The maximum absolute atomic E-state index is 11.0. The molecule has 0 aliphatic heterocycles. The molecule has 0 spiro atoms. The van der Waals surface area contributed by atoms with E-state index in [4.69, 9.17) is 39.9 Å².